The standard InChI is InChI=1S/C14H20S/c1-5-9-11-13(7-3)15-14(8-4)12-10-6-2/h5,7-12H,1,6H2,2-4H3/b11-9-,12-10-,13-7+,14-8+. The van der Waals surface area contributed by atoms with E-state index >= 15 is 0 Å². The van der Waals surface area contributed by atoms with Gasteiger partial charge in [0.25, 0.3) is 0 Å². The van der Waals surface area contributed by atoms with E-state index in [-0.39, 0.29) is 0 Å². The van der Waals surface area contributed by atoms with E-state index in [0.29, 0.717) is 0 Å². The second-order valence-corrected chi connectivity index (χ2v) is 4.04. The van der Waals surface area contributed by atoms with Crippen LogP contribution in [0.1, 0.15) is 27.2 Å². The van der Waals surface area contributed by atoms with Gasteiger partial charge < -0.3 is 0 Å². The van der Waals surface area contributed by atoms with Crippen LogP contribution in [0.15, 0.2) is 58.9 Å². The van der Waals surface area contributed by atoms with Crippen molar-refractivity contribution in [3.05, 3.63) is 58.9 Å². The number of hydrogen-bond donors (Lipinski definition) is 0. The van der Waals surface area contributed by atoms with Crippen LogP contribution in [0.4, 0.5) is 0 Å². The van der Waals surface area contributed by atoms with Gasteiger partial charge in [0.05, 0.1) is 0 Å². The van der Waals surface area contributed by atoms with Crippen LogP contribution in [0.25, 0.3) is 0 Å². The Morgan fingerprint density at radius 1 is 1.13 bits per heavy atom. The minimum Gasteiger partial charge on any atom is -0.0991 e. The molecule has 0 N–H and O–H groups in total. The first-order valence-corrected chi connectivity index (χ1v) is 6.06. The molecule has 15 heavy (non-hydrogen) atoms. The smallest absolute Gasteiger partial charge is 0.00790 e. The van der Waals surface area contributed by atoms with Crippen molar-refractivity contribution in [2.24, 2.45) is 0 Å². The van der Waals surface area contributed by atoms with Crippen LogP contribution in [0.3, 0.4) is 0 Å². The normalized spacial score (nSPS) is 14.1. The quantitative estimate of drug-likeness (QED) is 0.552. The molecule has 0 bridgehead atoms. The topological polar surface area (TPSA) is 0 Å². The van der Waals surface area contributed by atoms with Crippen molar-refractivity contribution < 1.29 is 0 Å². The van der Waals surface area contributed by atoms with Gasteiger partial charge >= 0.3 is 0 Å². The van der Waals surface area contributed by atoms with Crippen molar-refractivity contribution in [1.82, 2.24) is 0 Å². The number of hydrogen-bond acceptors (Lipinski definition) is 1. The zero-order chi connectivity index (χ0) is 11.5. The summed E-state index contributed by atoms with van der Waals surface area (Å²) in [5.41, 5.74) is 0. The lowest BCUT2D eigenvalue weighted by atomic mass is 10.4. The molecule has 0 saturated carbocycles. The van der Waals surface area contributed by atoms with Crippen LogP contribution in [0.2, 0.25) is 0 Å². The van der Waals surface area contributed by atoms with E-state index < -0.39 is 0 Å². The van der Waals surface area contributed by atoms with Gasteiger partial charge in [-0.25, -0.2) is 0 Å². The fourth-order valence-corrected chi connectivity index (χ4v) is 1.73. The Morgan fingerprint density at radius 2 is 1.73 bits per heavy atom. The first-order chi connectivity index (χ1) is 7.28. The average molecular weight is 220 g/mol. The molecule has 0 unspecified atom stereocenters. The molecule has 0 nitrogen and oxygen atoms in total. The average Bonchev–Trinajstić information content (AvgIpc) is 2.28. The Balaban J connectivity index is 4.46. The van der Waals surface area contributed by atoms with Crippen molar-refractivity contribution in [1.29, 1.82) is 0 Å². The molecule has 0 aromatic rings. The summed E-state index contributed by atoms with van der Waals surface area (Å²) in [7, 11) is 0. The minimum absolute atomic E-state index is 1.07. The SMILES string of the molecule is C=C/C=C\C(=C/C)SC(/C=C\CC)=C/C. The van der Waals surface area contributed by atoms with Gasteiger partial charge in [0, 0.05) is 9.81 Å². The maximum absolute atomic E-state index is 3.66. The maximum atomic E-state index is 3.66. The van der Waals surface area contributed by atoms with Crippen molar-refractivity contribution in [2.45, 2.75) is 27.2 Å². The Hall–Kier alpha value is -0.950. The molecule has 0 aliphatic rings. The number of rotatable bonds is 6. The number of thioether (sulfide) groups is 1. The minimum atomic E-state index is 1.07. The van der Waals surface area contributed by atoms with Crippen LogP contribution in [-0.4, -0.2) is 0 Å². The van der Waals surface area contributed by atoms with Crippen molar-refractivity contribution >= 4 is 11.8 Å². The summed E-state index contributed by atoms with van der Waals surface area (Å²) >= 11 is 1.77. The highest BCUT2D eigenvalue weighted by Crippen LogP contribution is 2.27. The predicted molar refractivity (Wildman–Crippen MR) is 73.9 cm³/mol. The van der Waals surface area contributed by atoms with Crippen LogP contribution in [0, 0.1) is 0 Å². The number of allylic oxidation sites excluding steroid dienone is 7. The summed E-state index contributed by atoms with van der Waals surface area (Å²) in [5.74, 6) is 0. The van der Waals surface area contributed by atoms with E-state index in [2.05, 4.69) is 50.8 Å². The van der Waals surface area contributed by atoms with Gasteiger partial charge in [-0.1, -0.05) is 61.7 Å². The third-order valence-corrected chi connectivity index (χ3v) is 2.93. The maximum Gasteiger partial charge on any atom is 0.00790 e. The molecule has 0 aliphatic carbocycles. The molecule has 1 heteroatoms. The molecular formula is C14H20S. The zero-order valence-corrected chi connectivity index (χ0v) is 10.7. The van der Waals surface area contributed by atoms with E-state index in [1.165, 1.54) is 9.81 Å². The Kier molecular flexibility index (Phi) is 8.99. The molecule has 0 atom stereocenters. The summed E-state index contributed by atoms with van der Waals surface area (Å²) in [6.07, 6.45) is 15.5. The van der Waals surface area contributed by atoms with Gasteiger partial charge in [-0.3, -0.25) is 0 Å². The van der Waals surface area contributed by atoms with E-state index in [1.807, 2.05) is 13.0 Å². The van der Waals surface area contributed by atoms with Gasteiger partial charge in [0.15, 0.2) is 0 Å². The van der Waals surface area contributed by atoms with Crippen molar-refractivity contribution in [2.75, 3.05) is 0 Å². The van der Waals surface area contributed by atoms with Crippen LogP contribution < -0.4 is 0 Å². The summed E-state index contributed by atoms with van der Waals surface area (Å²) in [4.78, 5) is 2.52. The predicted octanol–water partition coefficient (Wildman–Crippen LogP) is 5.24. The van der Waals surface area contributed by atoms with Crippen molar-refractivity contribution in [3.63, 3.8) is 0 Å². The van der Waals surface area contributed by atoms with Gasteiger partial charge in [0.2, 0.25) is 0 Å². The van der Waals surface area contributed by atoms with Crippen molar-refractivity contribution in [3.8, 4) is 0 Å². The summed E-state index contributed by atoms with van der Waals surface area (Å²) < 4.78 is 0. The fourth-order valence-electron chi connectivity index (χ4n) is 0.911. The summed E-state index contributed by atoms with van der Waals surface area (Å²) in [6, 6.07) is 0. The molecule has 0 fully saturated rings. The van der Waals surface area contributed by atoms with Crippen LogP contribution in [-0.2, 0) is 0 Å². The lowest BCUT2D eigenvalue weighted by Gasteiger charge is -2.01. The molecular weight excluding hydrogens is 200 g/mol. The highest BCUT2D eigenvalue weighted by Gasteiger charge is 1.95. The highest BCUT2D eigenvalue weighted by atomic mass is 32.2. The molecule has 0 aromatic carbocycles. The largest absolute Gasteiger partial charge is 0.0991 e. The lowest BCUT2D eigenvalue weighted by molar-refractivity contribution is 1.22. The Bertz CT molecular complexity index is 290. The van der Waals surface area contributed by atoms with Crippen LogP contribution >= 0.6 is 11.8 Å². The van der Waals surface area contributed by atoms with E-state index in [9.17, 15) is 0 Å². The highest BCUT2D eigenvalue weighted by molar-refractivity contribution is 8.07. The Morgan fingerprint density at radius 3 is 2.20 bits per heavy atom. The van der Waals surface area contributed by atoms with Crippen LogP contribution in [0.5, 0.6) is 0 Å². The molecule has 0 aliphatic heterocycles. The molecule has 0 spiro atoms. The molecule has 0 heterocycles. The van der Waals surface area contributed by atoms with Gasteiger partial charge in [-0.05, 0) is 26.3 Å². The molecule has 82 valence electrons. The van der Waals surface area contributed by atoms with Gasteiger partial charge in [-0.15, -0.1) is 0 Å². The van der Waals surface area contributed by atoms with E-state index in [1.54, 1.807) is 17.8 Å². The molecule has 0 aromatic heterocycles. The van der Waals surface area contributed by atoms with E-state index in [4.69, 9.17) is 0 Å². The monoisotopic (exact) mass is 220 g/mol. The second-order valence-electron chi connectivity index (χ2n) is 2.89. The zero-order valence-electron chi connectivity index (χ0n) is 9.86. The molecule has 0 amide bonds. The summed E-state index contributed by atoms with van der Waals surface area (Å²) in [5, 5.41) is 0. The second kappa shape index (κ2) is 9.60. The Labute approximate surface area is 98.2 Å². The first-order valence-electron chi connectivity index (χ1n) is 5.24. The third kappa shape index (κ3) is 7.03. The van der Waals surface area contributed by atoms with Gasteiger partial charge in [-0.2, -0.15) is 0 Å². The molecule has 0 rings (SSSR count). The fraction of sp³-hybridized carbons (Fsp3) is 0.286. The first kappa shape index (κ1) is 14.1. The third-order valence-electron chi connectivity index (χ3n) is 1.72. The molecule has 0 saturated heterocycles. The lowest BCUT2D eigenvalue weighted by Crippen LogP contribution is -1.73. The van der Waals surface area contributed by atoms with E-state index in [0.717, 1.165) is 6.42 Å². The van der Waals surface area contributed by atoms with Gasteiger partial charge in [0.1, 0.15) is 0 Å². The molecule has 0 radical (unpaired) electrons. The summed E-state index contributed by atoms with van der Waals surface area (Å²) in [6.45, 7) is 9.92.